The Bertz CT molecular complexity index is 687. The number of furan rings is 1. The third-order valence-electron chi connectivity index (χ3n) is 3.56. The Morgan fingerprint density at radius 3 is 2.59 bits per heavy atom. The summed E-state index contributed by atoms with van der Waals surface area (Å²) < 4.78 is 10.6. The van der Waals surface area contributed by atoms with Gasteiger partial charge in [0, 0.05) is 26.1 Å². The van der Waals surface area contributed by atoms with Gasteiger partial charge in [-0.3, -0.25) is 9.79 Å². The lowest BCUT2D eigenvalue weighted by molar-refractivity contribution is -0.119. The number of amides is 1. The highest BCUT2D eigenvalue weighted by Gasteiger charge is 2.01. The average molecular weight is 486 g/mol. The molecule has 0 atom stereocenters. The number of aliphatic imine (C=N–C) groups is 1. The second-order valence-electron chi connectivity index (χ2n) is 5.67. The van der Waals surface area contributed by atoms with E-state index in [0.717, 1.165) is 43.2 Å². The highest BCUT2D eigenvalue weighted by Crippen LogP contribution is 2.12. The van der Waals surface area contributed by atoms with Crippen LogP contribution in [0.15, 0.2) is 52.1 Å². The minimum absolute atomic E-state index is 0. The van der Waals surface area contributed by atoms with Gasteiger partial charge in [-0.05, 0) is 43.2 Å². The lowest BCUT2D eigenvalue weighted by Gasteiger charge is -2.11. The minimum Gasteiger partial charge on any atom is -0.484 e. The number of nitrogens with one attached hydrogen (secondary N) is 2. The zero-order valence-electron chi connectivity index (χ0n) is 15.4. The maximum Gasteiger partial charge on any atom is 0.255 e. The molecule has 0 saturated carbocycles. The molecule has 0 saturated heterocycles. The summed E-state index contributed by atoms with van der Waals surface area (Å²) in [6.07, 6.45) is 3.29. The van der Waals surface area contributed by atoms with E-state index in [4.69, 9.17) is 14.9 Å². The molecule has 27 heavy (non-hydrogen) atoms. The van der Waals surface area contributed by atoms with Crippen LogP contribution in [0.25, 0.3) is 0 Å². The molecule has 0 radical (unpaired) electrons. The Labute approximate surface area is 176 Å². The lowest BCUT2D eigenvalue weighted by atomic mass is 10.1. The summed E-state index contributed by atoms with van der Waals surface area (Å²) in [6, 6.07) is 11.4. The van der Waals surface area contributed by atoms with Crippen molar-refractivity contribution in [3.63, 3.8) is 0 Å². The zero-order chi connectivity index (χ0) is 18.6. The van der Waals surface area contributed by atoms with Gasteiger partial charge in [0.05, 0.1) is 6.26 Å². The van der Waals surface area contributed by atoms with Crippen molar-refractivity contribution in [1.82, 2.24) is 10.6 Å². The van der Waals surface area contributed by atoms with Crippen LogP contribution in [0.2, 0.25) is 0 Å². The molecule has 4 N–H and O–H groups in total. The van der Waals surface area contributed by atoms with E-state index in [1.807, 2.05) is 43.3 Å². The van der Waals surface area contributed by atoms with E-state index >= 15 is 0 Å². The van der Waals surface area contributed by atoms with Crippen molar-refractivity contribution < 1.29 is 13.9 Å². The van der Waals surface area contributed by atoms with E-state index in [1.54, 1.807) is 6.26 Å². The lowest BCUT2D eigenvalue weighted by Crippen LogP contribution is -2.38. The number of carbonyl (C=O) groups excluding carboxylic acids is 1. The molecule has 0 fully saturated rings. The first-order valence-electron chi connectivity index (χ1n) is 8.72. The highest BCUT2D eigenvalue weighted by molar-refractivity contribution is 14.0. The molecule has 2 aromatic rings. The standard InChI is InChI=1S/C19H26N4O3.HI/c1-2-21-19(23-12-10-16-4-3-13-25-16)22-11-9-15-5-7-17(8-6-15)26-14-18(20)24;/h3-8,13H,2,9-12,14H2,1H3,(H2,20,24)(H2,21,22,23);1H. The number of halogens is 1. The predicted molar refractivity (Wildman–Crippen MR) is 117 cm³/mol. The SMILES string of the molecule is CCNC(=NCCc1ccco1)NCCc1ccc(OCC(N)=O)cc1.I. The van der Waals surface area contributed by atoms with Crippen molar-refractivity contribution in [2.75, 3.05) is 26.2 Å². The van der Waals surface area contributed by atoms with Crippen LogP contribution in [0.5, 0.6) is 5.75 Å². The van der Waals surface area contributed by atoms with Crippen molar-refractivity contribution in [3.05, 3.63) is 54.0 Å². The summed E-state index contributed by atoms with van der Waals surface area (Å²) in [5.41, 5.74) is 6.22. The van der Waals surface area contributed by atoms with Crippen LogP contribution in [-0.2, 0) is 17.6 Å². The summed E-state index contributed by atoms with van der Waals surface area (Å²) >= 11 is 0. The quantitative estimate of drug-likeness (QED) is 0.271. The normalized spacial score (nSPS) is 10.8. The second-order valence-corrected chi connectivity index (χ2v) is 5.67. The molecule has 0 aliphatic heterocycles. The number of nitrogens with zero attached hydrogens (tertiary/aromatic N) is 1. The van der Waals surface area contributed by atoms with E-state index < -0.39 is 5.91 Å². The molecule has 7 nitrogen and oxygen atoms in total. The molecular formula is C19H27IN4O3. The van der Waals surface area contributed by atoms with Gasteiger partial charge < -0.3 is 25.5 Å². The predicted octanol–water partition coefficient (Wildman–Crippen LogP) is 2.10. The fourth-order valence-electron chi connectivity index (χ4n) is 2.31. The Balaban J connectivity index is 0.00000364. The summed E-state index contributed by atoms with van der Waals surface area (Å²) in [5, 5.41) is 6.55. The fraction of sp³-hybridized carbons (Fsp3) is 0.368. The highest BCUT2D eigenvalue weighted by atomic mass is 127. The van der Waals surface area contributed by atoms with Crippen LogP contribution in [0.1, 0.15) is 18.2 Å². The molecular weight excluding hydrogens is 459 g/mol. The second kappa shape index (κ2) is 13.0. The molecule has 0 aliphatic rings. The van der Waals surface area contributed by atoms with Crippen LogP contribution in [-0.4, -0.2) is 38.1 Å². The third kappa shape index (κ3) is 9.32. The van der Waals surface area contributed by atoms with Crippen LogP contribution in [0, 0.1) is 0 Å². The van der Waals surface area contributed by atoms with Crippen LogP contribution < -0.4 is 21.1 Å². The number of hydrogen-bond donors (Lipinski definition) is 3. The van der Waals surface area contributed by atoms with Gasteiger partial charge in [-0.15, -0.1) is 24.0 Å². The van der Waals surface area contributed by atoms with E-state index in [0.29, 0.717) is 12.3 Å². The Morgan fingerprint density at radius 2 is 1.96 bits per heavy atom. The molecule has 148 valence electrons. The number of carbonyl (C=O) groups is 1. The topological polar surface area (TPSA) is 102 Å². The molecule has 0 bridgehead atoms. The number of guanidine groups is 1. The third-order valence-corrected chi connectivity index (χ3v) is 3.56. The molecule has 0 spiro atoms. The van der Waals surface area contributed by atoms with Crippen molar-refractivity contribution in [1.29, 1.82) is 0 Å². The number of ether oxygens (including phenoxy) is 1. The first-order chi connectivity index (χ1) is 12.7. The van der Waals surface area contributed by atoms with Gasteiger partial charge in [-0.25, -0.2) is 0 Å². The summed E-state index contributed by atoms with van der Waals surface area (Å²) in [6.45, 7) is 4.15. The molecule has 8 heteroatoms. The number of benzene rings is 1. The molecule has 1 amide bonds. The van der Waals surface area contributed by atoms with Gasteiger partial charge in [0.2, 0.25) is 0 Å². The Hall–Kier alpha value is -2.23. The van der Waals surface area contributed by atoms with Crippen molar-refractivity contribution in [2.24, 2.45) is 10.7 Å². The van der Waals surface area contributed by atoms with Gasteiger partial charge in [0.15, 0.2) is 12.6 Å². The largest absolute Gasteiger partial charge is 0.484 e. The molecule has 1 aromatic carbocycles. The smallest absolute Gasteiger partial charge is 0.255 e. The molecule has 2 rings (SSSR count). The summed E-state index contributed by atoms with van der Waals surface area (Å²) in [5.74, 6) is 1.87. The van der Waals surface area contributed by atoms with E-state index in [2.05, 4.69) is 15.6 Å². The first kappa shape index (κ1) is 22.8. The Kier molecular flexibility index (Phi) is 11.0. The van der Waals surface area contributed by atoms with E-state index in [1.165, 1.54) is 0 Å². The van der Waals surface area contributed by atoms with Crippen molar-refractivity contribution >= 4 is 35.8 Å². The van der Waals surface area contributed by atoms with Gasteiger partial charge in [0.1, 0.15) is 11.5 Å². The molecule has 1 aromatic heterocycles. The van der Waals surface area contributed by atoms with Crippen molar-refractivity contribution in [3.8, 4) is 5.75 Å². The van der Waals surface area contributed by atoms with Crippen LogP contribution >= 0.6 is 24.0 Å². The average Bonchev–Trinajstić information content (AvgIpc) is 3.14. The van der Waals surface area contributed by atoms with Gasteiger partial charge in [-0.2, -0.15) is 0 Å². The van der Waals surface area contributed by atoms with Gasteiger partial charge in [0.25, 0.3) is 5.91 Å². The van der Waals surface area contributed by atoms with E-state index in [9.17, 15) is 4.79 Å². The van der Waals surface area contributed by atoms with Crippen LogP contribution in [0.3, 0.4) is 0 Å². The number of rotatable bonds is 10. The maximum atomic E-state index is 10.7. The summed E-state index contributed by atoms with van der Waals surface area (Å²) in [7, 11) is 0. The summed E-state index contributed by atoms with van der Waals surface area (Å²) in [4.78, 5) is 15.3. The van der Waals surface area contributed by atoms with Crippen molar-refractivity contribution in [2.45, 2.75) is 19.8 Å². The fourth-order valence-corrected chi connectivity index (χ4v) is 2.31. The maximum absolute atomic E-state index is 10.7. The number of hydrogen-bond acceptors (Lipinski definition) is 4. The number of nitrogens with two attached hydrogens (primary N) is 1. The number of primary amides is 1. The minimum atomic E-state index is -0.486. The Morgan fingerprint density at radius 1 is 1.19 bits per heavy atom. The zero-order valence-corrected chi connectivity index (χ0v) is 17.8. The molecule has 1 heterocycles. The monoisotopic (exact) mass is 486 g/mol. The molecule has 0 unspecified atom stereocenters. The van der Waals surface area contributed by atoms with Gasteiger partial charge in [-0.1, -0.05) is 12.1 Å². The molecule has 0 aliphatic carbocycles. The van der Waals surface area contributed by atoms with Crippen LogP contribution in [0.4, 0.5) is 0 Å². The van der Waals surface area contributed by atoms with Gasteiger partial charge >= 0.3 is 0 Å². The van der Waals surface area contributed by atoms with E-state index in [-0.39, 0.29) is 30.6 Å². The first-order valence-corrected chi connectivity index (χ1v) is 8.72.